The minimum Gasteiger partial charge on any atom is -0.368 e. The van der Waals surface area contributed by atoms with Crippen molar-refractivity contribution < 1.29 is 18.0 Å². The summed E-state index contributed by atoms with van der Waals surface area (Å²) in [6.45, 7) is 0.891. The molecule has 1 aromatic heterocycles. The van der Waals surface area contributed by atoms with Crippen LogP contribution in [0.4, 0.5) is 30.5 Å². The number of carbonyl (C=O) groups is 1. The number of carbonyl (C=O) groups excluding carboxylic acids is 1. The Morgan fingerprint density at radius 1 is 1.10 bits per heavy atom. The Balaban J connectivity index is 1.52. The molecule has 2 aromatic carbocycles. The zero-order valence-electron chi connectivity index (χ0n) is 15.8. The lowest BCUT2D eigenvalue weighted by Crippen LogP contribution is -2.36. The monoisotopic (exact) mass is 413 g/mol. The predicted octanol–water partition coefficient (Wildman–Crippen LogP) is 4.02. The minimum atomic E-state index is -4.37. The van der Waals surface area contributed by atoms with Gasteiger partial charge in [0.1, 0.15) is 5.69 Å². The smallest absolute Gasteiger partial charge is 0.368 e. The van der Waals surface area contributed by atoms with E-state index < -0.39 is 11.7 Å². The first-order valence-corrected chi connectivity index (χ1v) is 9.24. The van der Waals surface area contributed by atoms with Gasteiger partial charge in [0.15, 0.2) is 0 Å². The van der Waals surface area contributed by atoms with Crippen molar-refractivity contribution in [2.75, 3.05) is 17.6 Å². The van der Waals surface area contributed by atoms with Crippen LogP contribution in [0.3, 0.4) is 0 Å². The third kappa shape index (κ3) is 4.05. The molecule has 3 N–H and O–H groups in total. The van der Waals surface area contributed by atoms with Crippen molar-refractivity contribution in [3.05, 3.63) is 77.1 Å². The van der Waals surface area contributed by atoms with Crippen LogP contribution in [0, 0.1) is 0 Å². The second kappa shape index (κ2) is 7.66. The third-order valence-corrected chi connectivity index (χ3v) is 4.94. The number of nitrogen functional groups attached to an aromatic ring is 1. The molecule has 0 radical (unpaired) electrons. The van der Waals surface area contributed by atoms with Gasteiger partial charge < -0.3 is 16.0 Å². The number of hydrogen-bond acceptors (Lipinski definition) is 5. The SMILES string of the molecule is Nc1nccc(C(=O)N2CCc3c(cccc3Nc3ccc(C(F)(F)F)cc3)C2)n1. The van der Waals surface area contributed by atoms with E-state index >= 15 is 0 Å². The first-order chi connectivity index (χ1) is 14.3. The molecule has 3 aromatic rings. The van der Waals surface area contributed by atoms with Crippen molar-refractivity contribution in [3.63, 3.8) is 0 Å². The van der Waals surface area contributed by atoms with E-state index in [1.54, 1.807) is 4.90 Å². The van der Waals surface area contributed by atoms with E-state index in [1.807, 2.05) is 18.2 Å². The van der Waals surface area contributed by atoms with Crippen LogP contribution >= 0.6 is 0 Å². The number of aromatic nitrogens is 2. The topological polar surface area (TPSA) is 84.1 Å². The lowest BCUT2D eigenvalue weighted by molar-refractivity contribution is -0.137. The number of rotatable bonds is 3. The fraction of sp³-hybridized carbons (Fsp3) is 0.190. The Labute approximate surface area is 170 Å². The zero-order valence-corrected chi connectivity index (χ0v) is 15.8. The number of halogens is 3. The highest BCUT2D eigenvalue weighted by molar-refractivity contribution is 5.92. The maximum absolute atomic E-state index is 12.8. The molecular weight excluding hydrogens is 395 g/mol. The molecule has 0 fully saturated rings. The van der Waals surface area contributed by atoms with Crippen LogP contribution in [0.2, 0.25) is 0 Å². The van der Waals surface area contributed by atoms with Gasteiger partial charge in [-0.25, -0.2) is 9.97 Å². The van der Waals surface area contributed by atoms with Gasteiger partial charge in [0, 0.05) is 30.7 Å². The van der Waals surface area contributed by atoms with Crippen molar-refractivity contribution in [3.8, 4) is 0 Å². The molecule has 9 heteroatoms. The molecular formula is C21H18F3N5O. The lowest BCUT2D eigenvalue weighted by atomic mass is 9.97. The lowest BCUT2D eigenvalue weighted by Gasteiger charge is -2.30. The number of nitrogens with two attached hydrogens (primary N) is 1. The normalized spacial score (nSPS) is 13.6. The maximum Gasteiger partial charge on any atom is 0.416 e. The second-order valence-corrected chi connectivity index (χ2v) is 6.92. The molecule has 4 rings (SSSR count). The van der Waals surface area contributed by atoms with Crippen LogP contribution in [0.5, 0.6) is 0 Å². The first-order valence-electron chi connectivity index (χ1n) is 9.24. The van der Waals surface area contributed by atoms with Gasteiger partial charge in [0.05, 0.1) is 5.56 Å². The average molecular weight is 413 g/mol. The summed E-state index contributed by atoms with van der Waals surface area (Å²) >= 11 is 0. The average Bonchev–Trinajstić information content (AvgIpc) is 2.73. The standard InChI is InChI=1S/C21H18F3N5O/c22-21(23,24)14-4-6-15(7-5-14)27-17-3-1-2-13-12-29(11-9-16(13)17)19(30)18-8-10-26-20(25)28-18/h1-8,10,27H,9,11-12H2,(H2,25,26,28). The van der Waals surface area contributed by atoms with Gasteiger partial charge in [-0.2, -0.15) is 13.2 Å². The number of anilines is 3. The van der Waals surface area contributed by atoms with E-state index in [-0.39, 0.29) is 17.5 Å². The summed E-state index contributed by atoms with van der Waals surface area (Å²) in [5.41, 5.74) is 8.48. The summed E-state index contributed by atoms with van der Waals surface area (Å²) < 4.78 is 38.3. The van der Waals surface area contributed by atoms with Crippen molar-refractivity contribution in [2.45, 2.75) is 19.1 Å². The molecule has 1 aliphatic rings. The van der Waals surface area contributed by atoms with E-state index in [1.165, 1.54) is 24.4 Å². The third-order valence-electron chi connectivity index (χ3n) is 4.94. The molecule has 0 bridgehead atoms. The summed E-state index contributed by atoms with van der Waals surface area (Å²) in [7, 11) is 0. The number of hydrogen-bond donors (Lipinski definition) is 2. The van der Waals surface area contributed by atoms with Gasteiger partial charge in [-0.05, 0) is 53.9 Å². The van der Waals surface area contributed by atoms with Gasteiger partial charge in [-0.1, -0.05) is 12.1 Å². The fourth-order valence-electron chi connectivity index (χ4n) is 3.45. The summed E-state index contributed by atoms with van der Waals surface area (Å²) in [5, 5.41) is 3.19. The summed E-state index contributed by atoms with van der Waals surface area (Å²) in [5.74, 6) is -0.183. The van der Waals surface area contributed by atoms with E-state index in [4.69, 9.17) is 5.73 Å². The number of fused-ring (bicyclic) bond motifs is 1. The Kier molecular flexibility index (Phi) is 5.03. The van der Waals surface area contributed by atoms with Gasteiger partial charge in [0.25, 0.3) is 5.91 Å². The fourth-order valence-corrected chi connectivity index (χ4v) is 3.45. The highest BCUT2D eigenvalue weighted by atomic mass is 19.4. The van der Waals surface area contributed by atoms with Gasteiger partial charge >= 0.3 is 6.18 Å². The van der Waals surface area contributed by atoms with E-state index in [9.17, 15) is 18.0 Å². The van der Waals surface area contributed by atoms with Crippen molar-refractivity contribution >= 4 is 23.2 Å². The van der Waals surface area contributed by atoms with E-state index in [2.05, 4.69) is 15.3 Å². The molecule has 30 heavy (non-hydrogen) atoms. The van der Waals surface area contributed by atoms with Gasteiger partial charge in [0.2, 0.25) is 5.95 Å². The zero-order chi connectivity index (χ0) is 21.3. The van der Waals surface area contributed by atoms with E-state index in [0.717, 1.165) is 28.9 Å². The summed E-state index contributed by atoms with van der Waals surface area (Å²) in [6.07, 6.45) is -2.32. The molecule has 0 saturated carbocycles. The Bertz CT molecular complexity index is 1080. The number of alkyl halides is 3. The van der Waals surface area contributed by atoms with Crippen LogP contribution in [0.25, 0.3) is 0 Å². The number of nitrogens with one attached hydrogen (secondary N) is 1. The summed E-state index contributed by atoms with van der Waals surface area (Å²) in [4.78, 5) is 22.2. The Morgan fingerprint density at radius 2 is 1.87 bits per heavy atom. The van der Waals surface area contributed by atoms with Gasteiger partial charge in [-0.15, -0.1) is 0 Å². The number of nitrogens with zero attached hydrogens (tertiary/aromatic N) is 3. The highest BCUT2D eigenvalue weighted by Gasteiger charge is 2.30. The van der Waals surface area contributed by atoms with Crippen molar-refractivity contribution in [1.82, 2.24) is 14.9 Å². The van der Waals surface area contributed by atoms with Crippen LogP contribution in [-0.2, 0) is 19.1 Å². The molecule has 1 amide bonds. The summed E-state index contributed by atoms with van der Waals surface area (Å²) in [6, 6.07) is 12.1. The molecule has 0 spiro atoms. The van der Waals surface area contributed by atoms with Crippen LogP contribution in [0.15, 0.2) is 54.7 Å². The van der Waals surface area contributed by atoms with Crippen molar-refractivity contribution in [1.29, 1.82) is 0 Å². The first kappa shape index (κ1) is 19.7. The minimum absolute atomic E-state index is 0.0429. The maximum atomic E-state index is 12.8. The quantitative estimate of drug-likeness (QED) is 0.678. The number of amides is 1. The van der Waals surface area contributed by atoms with Crippen LogP contribution in [0.1, 0.15) is 27.2 Å². The van der Waals surface area contributed by atoms with Crippen LogP contribution < -0.4 is 11.1 Å². The Morgan fingerprint density at radius 3 is 2.57 bits per heavy atom. The predicted molar refractivity (Wildman–Crippen MR) is 106 cm³/mol. The molecule has 0 atom stereocenters. The molecule has 0 saturated heterocycles. The molecule has 154 valence electrons. The molecule has 0 aliphatic carbocycles. The van der Waals surface area contributed by atoms with Crippen LogP contribution in [-0.4, -0.2) is 27.3 Å². The highest BCUT2D eigenvalue weighted by Crippen LogP contribution is 2.32. The van der Waals surface area contributed by atoms with Gasteiger partial charge in [-0.3, -0.25) is 4.79 Å². The Hall–Kier alpha value is -3.62. The molecule has 6 nitrogen and oxygen atoms in total. The largest absolute Gasteiger partial charge is 0.416 e. The van der Waals surface area contributed by atoms with E-state index in [0.29, 0.717) is 25.2 Å². The molecule has 2 heterocycles. The second-order valence-electron chi connectivity index (χ2n) is 6.92. The molecule has 1 aliphatic heterocycles. The van der Waals surface area contributed by atoms with Crippen molar-refractivity contribution in [2.24, 2.45) is 0 Å². The number of benzene rings is 2. The molecule has 0 unspecified atom stereocenters.